The number of rotatable bonds is 9. The van der Waals surface area contributed by atoms with Gasteiger partial charge in [-0.1, -0.05) is 19.9 Å². The van der Waals surface area contributed by atoms with Gasteiger partial charge in [0.2, 0.25) is 15.9 Å². The van der Waals surface area contributed by atoms with E-state index in [1.807, 2.05) is 19.9 Å². The third-order valence-electron chi connectivity index (χ3n) is 4.07. The van der Waals surface area contributed by atoms with Crippen LogP contribution in [-0.4, -0.2) is 42.8 Å². The Hall–Kier alpha value is -2.45. The molecule has 1 aromatic carbocycles. The van der Waals surface area contributed by atoms with E-state index in [1.54, 1.807) is 26.1 Å². The zero-order valence-corrected chi connectivity index (χ0v) is 17.5. The van der Waals surface area contributed by atoms with Crippen LogP contribution in [0.2, 0.25) is 0 Å². The first-order chi connectivity index (χ1) is 13.3. The highest BCUT2D eigenvalue weighted by Crippen LogP contribution is 2.16. The highest BCUT2D eigenvalue weighted by molar-refractivity contribution is 7.89. The summed E-state index contributed by atoms with van der Waals surface area (Å²) in [6.45, 7) is 8.54. The third kappa shape index (κ3) is 5.53. The van der Waals surface area contributed by atoms with Gasteiger partial charge >= 0.3 is 0 Å². The Morgan fingerprint density at radius 2 is 1.75 bits per heavy atom. The summed E-state index contributed by atoms with van der Waals surface area (Å²) in [6, 6.07) is 9.55. The molecule has 1 amide bonds. The van der Waals surface area contributed by atoms with Crippen LogP contribution in [0.3, 0.4) is 0 Å². The van der Waals surface area contributed by atoms with E-state index >= 15 is 0 Å². The second-order valence-electron chi connectivity index (χ2n) is 6.47. The van der Waals surface area contributed by atoms with Crippen LogP contribution in [0.4, 0.5) is 0 Å². The molecule has 0 saturated heterocycles. The number of carbonyl (C=O) groups is 1. The first-order valence-electron chi connectivity index (χ1n) is 9.27. The van der Waals surface area contributed by atoms with Crippen molar-refractivity contribution in [1.29, 1.82) is 0 Å². The summed E-state index contributed by atoms with van der Waals surface area (Å²) in [5.41, 5.74) is 1.23. The van der Waals surface area contributed by atoms with Crippen molar-refractivity contribution in [2.75, 3.05) is 13.1 Å². The van der Waals surface area contributed by atoms with Crippen LogP contribution in [0.15, 0.2) is 47.5 Å². The Morgan fingerprint density at radius 1 is 1.11 bits per heavy atom. The van der Waals surface area contributed by atoms with Crippen molar-refractivity contribution in [3.63, 3.8) is 0 Å². The molecule has 2 aromatic rings. The normalized spacial score (nSPS) is 11.6. The quantitative estimate of drug-likeness (QED) is 0.693. The van der Waals surface area contributed by atoms with Crippen molar-refractivity contribution in [1.82, 2.24) is 14.6 Å². The van der Waals surface area contributed by atoms with Gasteiger partial charge in [-0.3, -0.25) is 4.79 Å². The molecule has 152 valence electrons. The fourth-order valence-electron chi connectivity index (χ4n) is 2.60. The van der Waals surface area contributed by atoms with Crippen LogP contribution >= 0.6 is 0 Å². The maximum atomic E-state index is 12.5. The van der Waals surface area contributed by atoms with Crippen LogP contribution in [0.5, 0.6) is 5.88 Å². The summed E-state index contributed by atoms with van der Waals surface area (Å²) in [4.78, 5) is 16.7. The number of carbonyl (C=O) groups excluding carboxylic acids is 1. The molecule has 0 aliphatic rings. The van der Waals surface area contributed by atoms with E-state index in [0.29, 0.717) is 31.1 Å². The van der Waals surface area contributed by atoms with Gasteiger partial charge in [-0.05, 0) is 43.7 Å². The lowest BCUT2D eigenvalue weighted by Gasteiger charge is -2.18. The van der Waals surface area contributed by atoms with E-state index in [0.717, 1.165) is 5.56 Å². The lowest BCUT2D eigenvalue weighted by atomic mass is 10.2. The number of hydrogen-bond donors (Lipinski definition) is 1. The van der Waals surface area contributed by atoms with Gasteiger partial charge in [0.25, 0.3) is 5.91 Å². The van der Waals surface area contributed by atoms with Crippen molar-refractivity contribution in [2.24, 2.45) is 0 Å². The number of aromatic nitrogens is 1. The van der Waals surface area contributed by atoms with Crippen LogP contribution in [0, 0.1) is 0 Å². The van der Waals surface area contributed by atoms with Gasteiger partial charge in [-0.2, -0.15) is 4.31 Å². The number of nitrogens with one attached hydrogen (secondary N) is 1. The van der Waals surface area contributed by atoms with Crippen LogP contribution in [0.25, 0.3) is 0 Å². The molecular formula is C20H27N3O4S. The van der Waals surface area contributed by atoms with Crippen molar-refractivity contribution in [3.05, 3.63) is 53.7 Å². The predicted octanol–water partition coefficient (Wildman–Crippen LogP) is 2.83. The number of benzene rings is 1. The number of hydrogen-bond acceptors (Lipinski definition) is 5. The van der Waals surface area contributed by atoms with Crippen molar-refractivity contribution in [3.8, 4) is 5.88 Å². The average Bonchev–Trinajstić information content (AvgIpc) is 2.67. The summed E-state index contributed by atoms with van der Waals surface area (Å²) in [6.07, 6.45) is 1.70. The van der Waals surface area contributed by atoms with E-state index in [-0.39, 0.29) is 16.9 Å². The summed E-state index contributed by atoms with van der Waals surface area (Å²) < 4.78 is 31.8. The van der Waals surface area contributed by atoms with E-state index in [4.69, 9.17) is 4.74 Å². The number of pyridine rings is 1. The second-order valence-corrected chi connectivity index (χ2v) is 8.41. The van der Waals surface area contributed by atoms with Gasteiger partial charge in [0.1, 0.15) is 0 Å². The van der Waals surface area contributed by atoms with Crippen LogP contribution < -0.4 is 10.1 Å². The molecule has 28 heavy (non-hydrogen) atoms. The molecule has 0 saturated carbocycles. The molecule has 1 N–H and O–H groups in total. The van der Waals surface area contributed by atoms with E-state index in [9.17, 15) is 13.2 Å². The smallest absolute Gasteiger partial charge is 0.251 e. The summed E-state index contributed by atoms with van der Waals surface area (Å²) in [5, 5.41) is 2.80. The third-order valence-corrected chi connectivity index (χ3v) is 6.13. The van der Waals surface area contributed by atoms with Crippen LogP contribution in [0.1, 0.15) is 43.6 Å². The molecular weight excluding hydrogens is 378 g/mol. The van der Waals surface area contributed by atoms with Crippen LogP contribution in [-0.2, 0) is 16.6 Å². The Kier molecular flexibility index (Phi) is 7.53. The highest BCUT2D eigenvalue weighted by Gasteiger charge is 2.21. The van der Waals surface area contributed by atoms with Gasteiger partial charge < -0.3 is 10.1 Å². The summed E-state index contributed by atoms with van der Waals surface area (Å²) >= 11 is 0. The minimum atomic E-state index is -3.53. The summed E-state index contributed by atoms with van der Waals surface area (Å²) in [5.74, 6) is 0.254. The fraction of sp³-hybridized carbons (Fsp3) is 0.400. The molecule has 0 aliphatic heterocycles. The maximum absolute atomic E-state index is 12.5. The lowest BCUT2D eigenvalue weighted by Crippen LogP contribution is -2.30. The molecule has 2 rings (SSSR count). The number of nitrogens with zero attached hydrogens (tertiary/aromatic N) is 2. The zero-order valence-electron chi connectivity index (χ0n) is 16.7. The van der Waals surface area contributed by atoms with E-state index in [1.165, 1.54) is 28.6 Å². The standard InChI is InChI=1S/C20H27N3O4S/c1-5-23(6-2)28(25,26)18-10-8-17(9-11-18)20(24)22-14-16-7-12-19(21-13-16)27-15(3)4/h7-13,15H,5-6,14H2,1-4H3,(H,22,24). The van der Waals surface area contributed by atoms with E-state index < -0.39 is 10.0 Å². The van der Waals surface area contributed by atoms with Crippen molar-refractivity contribution in [2.45, 2.75) is 45.2 Å². The Balaban J connectivity index is 1.99. The number of ether oxygens (including phenoxy) is 1. The second kappa shape index (κ2) is 9.66. The predicted molar refractivity (Wildman–Crippen MR) is 108 cm³/mol. The lowest BCUT2D eigenvalue weighted by molar-refractivity contribution is 0.0951. The van der Waals surface area contributed by atoms with Gasteiger partial charge in [-0.15, -0.1) is 0 Å². The molecule has 0 fully saturated rings. The SMILES string of the molecule is CCN(CC)S(=O)(=O)c1ccc(C(=O)NCc2ccc(OC(C)C)nc2)cc1. The molecule has 0 spiro atoms. The molecule has 0 radical (unpaired) electrons. The molecule has 7 nitrogen and oxygen atoms in total. The summed E-state index contributed by atoms with van der Waals surface area (Å²) in [7, 11) is -3.53. The number of sulfonamides is 1. The Bertz CT molecular complexity index is 875. The first-order valence-corrected chi connectivity index (χ1v) is 10.7. The topological polar surface area (TPSA) is 88.6 Å². The first kappa shape index (κ1) is 21.8. The molecule has 1 heterocycles. The molecule has 0 aliphatic carbocycles. The molecule has 0 atom stereocenters. The van der Waals surface area contributed by atoms with Crippen molar-refractivity contribution < 1.29 is 17.9 Å². The van der Waals surface area contributed by atoms with Crippen molar-refractivity contribution >= 4 is 15.9 Å². The highest BCUT2D eigenvalue weighted by atomic mass is 32.2. The number of amides is 1. The molecule has 0 bridgehead atoms. The molecule has 1 aromatic heterocycles. The Morgan fingerprint density at radius 3 is 2.25 bits per heavy atom. The van der Waals surface area contributed by atoms with Gasteiger partial charge in [0.15, 0.2) is 0 Å². The Labute approximate surface area is 166 Å². The monoisotopic (exact) mass is 405 g/mol. The zero-order chi connectivity index (χ0) is 20.7. The van der Waals surface area contributed by atoms with Gasteiger partial charge in [0, 0.05) is 37.5 Å². The molecule has 0 unspecified atom stereocenters. The minimum Gasteiger partial charge on any atom is -0.475 e. The van der Waals surface area contributed by atoms with Gasteiger partial charge in [0.05, 0.1) is 11.0 Å². The average molecular weight is 406 g/mol. The van der Waals surface area contributed by atoms with E-state index in [2.05, 4.69) is 10.3 Å². The van der Waals surface area contributed by atoms with Gasteiger partial charge in [-0.25, -0.2) is 13.4 Å². The maximum Gasteiger partial charge on any atom is 0.251 e. The largest absolute Gasteiger partial charge is 0.475 e. The minimum absolute atomic E-state index is 0.0478. The fourth-order valence-corrected chi connectivity index (χ4v) is 4.06. The molecule has 8 heteroatoms.